The van der Waals surface area contributed by atoms with E-state index in [0.717, 1.165) is 11.1 Å². The largest absolute Gasteiger partial charge is 0.399 e. The van der Waals surface area contributed by atoms with Gasteiger partial charge < -0.3 is 11.5 Å². The first-order chi connectivity index (χ1) is 8.08. The van der Waals surface area contributed by atoms with E-state index in [9.17, 15) is 4.79 Å². The molecule has 0 unspecified atom stereocenters. The summed E-state index contributed by atoms with van der Waals surface area (Å²) in [6.07, 6.45) is 0. The van der Waals surface area contributed by atoms with Crippen molar-refractivity contribution in [1.82, 2.24) is 0 Å². The van der Waals surface area contributed by atoms with Gasteiger partial charge >= 0.3 is 0 Å². The predicted molar refractivity (Wildman–Crippen MR) is 70.7 cm³/mol. The number of nitrogens with two attached hydrogens (primary N) is 2. The van der Waals surface area contributed by atoms with Gasteiger partial charge in [-0.2, -0.15) is 0 Å². The maximum Gasteiger partial charge on any atom is 0.159 e. The topological polar surface area (TPSA) is 69.1 Å². The summed E-state index contributed by atoms with van der Waals surface area (Å²) in [4.78, 5) is 11.3. The third-order valence-corrected chi connectivity index (χ3v) is 2.66. The van der Waals surface area contributed by atoms with E-state index >= 15 is 0 Å². The molecule has 0 amide bonds. The minimum atomic E-state index is 0.0364. The number of carbonyl (C=O) groups excluding carboxylic acids is 1. The zero-order valence-corrected chi connectivity index (χ0v) is 9.60. The van der Waals surface area contributed by atoms with Gasteiger partial charge in [-0.05, 0) is 36.8 Å². The molecule has 86 valence electrons. The summed E-state index contributed by atoms with van der Waals surface area (Å²) >= 11 is 0. The summed E-state index contributed by atoms with van der Waals surface area (Å²) in [5.41, 5.74) is 15.4. The fraction of sp³-hybridized carbons (Fsp3) is 0.0714. The zero-order valence-electron chi connectivity index (χ0n) is 9.60. The molecule has 0 aliphatic heterocycles. The molecule has 4 N–H and O–H groups in total. The molecule has 0 bridgehead atoms. The van der Waals surface area contributed by atoms with E-state index in [1.165, 1.54) is 0 Å². The lowest BCUT2D eigenvalue weighted by Crippen LogP contribution is -1.95. The highest BCUT2D eigenvalue weighted by Gasteiger charge is 2.05. The Bertz CT molecular complexity index is 576. The Kier molecular flexibility index (Phi) is 2.83. The van der Waals surface area contributed by atoms with Gasteiger partial charge in [0.25, 0.3) is 0 Å². The quantitative estimate of drug-likeness (QED) is 0.611. The number of hydrogen-bond donors (Lipinski definition) is 2. The molecule has 0 aliphatic carbocycles. The van der Waals surface area contributed by atoms with Crippen molar-refractivity contribution in [3.8, 4) is 11.1 Å². The standard InChI is InChI=1S/C14H14N2O/c1-9(17)10-3-2-4-11(7-10)13-8-12(15)5-6-14(13)16/h2-8H,15-16H2,1H3. The predicted octanol–water partition coefficient (Wildman–Crippen LogP) is 2.72. The van der Waals surface area contributed by atoms with Crippen LogP contribution in [-0.2, 0) is 0 Å². The van der Waals surface area contributed by atoms with Gasteiger partial charge in [0.05, 0.1) is 0 Å². The van der Waals surface area contributed by atoms with E-state index in [0.29, 0.717) is 16.9 Å². The van der Waals surface area contributed by atoms with Crippen LogP contribution in [0.15, 0.2) is 42.5 Å². The van der Waals surface area contributed by atoms with Crippen LogP contribution in [0.25, 0.3) is 11.1 Å². The van der Waals surface area contributed by atoms with Crippen molar-refractivity contribution in [2.24, 2.45) is 0 Å². The van der Waals surface area contributed by atoms with Crippen molar-refractivity contribution in [3.63, 3.8) is 0 Å². The van der Waals surface area contributed by atoms with Gasteiger partial charge in [0, 0.05) is 22.5 Å². The highest BCUT2D eigenvalue weighted by molar-refractivity contribution is 5.95. The lowest BCUT2D eigenvalue weighted by Gasteiger charge is -2.08. The van der Waals surface area contributed by atoms with Crippen LogP contribution < -0.4 is 11.5 Å². The average Bonchev–Trinajstić information content (AvgIpc) is 2.32. The molecule has 2 rings (SSSR count). The smallest absolute Gasteiger partial charge is 0.159 e. The molecule has 17 heavy (non-hydrogen) atoms. The van der Waals surface area contributed by atoms with E-state index in [-0.39, 0.29) is 5.78 Å². The van der Waals surface area contributed by atoms with Crippen molar-refractivity contribution in [2.45, 2.75) is 6.92 Å². The Morgan fingerprint density at radius 2 is 1.82 bits per heavy atom. The molecule has 0 fully saturated rings. The van der Waals surface area contributed by atoms with Crippen molar-refractivity contribution >= 4 is 17.2 Å². The van der Waals surface area contributed by atoms with Gasteiger partial charge in [-0.1, -0.05) is 18.2 Å². The lowest BCUT2D eigenvalue weighted by molar-refractivity contribution is 0.101. The van der Waals surface area contributed by atoms with Crippen LogP contribution in [0, 0.1) is 0 Å². The number of rotatable bonds is 2. The Hall–Kier alpha value is -2.29. The second kappa shape index (κ2) is 4.29. The molecule has 2 aromatic carbocycles. The van der Waals surface area contributed by atoms with Crippen molar-refractivity contribution in [1.29, 1.82) is 0 Å². The van der Waals surface area contributed by atoms with Crippen LogP contribution in [0.1, 0.15) is 17.3 Å². The number of nitrogen functional groups attached to an aromatic ring is 2. The highest BCUT2D eigenvalue weighted by atomic mass is 16.1. The van der Waals surface area contributed by atoms with Gasteiger partial charge in [-0.3, -0.25) is 4.79 Å². The first-order valence-electron chi connectivity index (χ1n) is 5.34. The summed E-state index contributed by atoms with van der Waals surface area (Å²) < 4.78 is 0. The summed E-state index contributed by atoms with van der Waals surface area (Å²) in [6, 6.07) is 12.7. The zero-order chi connectivity index (χ0) is 12.4. The Morgan fingerprint density at radius 1 is 1.06 bits per heavy atom. The SMILES string of the molecule is CC(=O)c1cccc(-c2cc(N)ccc2N)c1. The fourth-order valence-corrected chi connectivity index (χ4v) is 1.73. The Labute approximate surface area is 100 Å². The van der Waals surface area contributed by atoms with Crippen LogP contribution in [0.5, 0.6) is 0 Å². The van der Waals surface area contributed by atoms with E-state index < -0.39 is 0 Å². The van der Waals surface area contributed by atoms with E-state index in [2.05, 4.69) is 0 Å². The van der Waals surface area contributed by atoms with Gasteiger partial charge in [0.2, 0.25) is 0 Å². The van der Waals surface area contributed by atoms with Gasteiger partial charge in [0.1, 0.15) is 0 Å². The van der Waals surface area contributed by atoms with Gasteiger partial charge in [-0.25, -0.2) is 0 Å². The third-order valence-electron chi connectivity index (χ3n) is 2.66. The summed E-state index contributed by atoms with van der Waals surface area (Å²) in [6.45, 7) is 1.54. The number of anilines is 2. The van der Waals surface area contributed by atoms with Crippen LogP contribution in [0.2, 0.25) is 0 Å². The number of carbonyl (C=O) groups is 1. The normalized spacial score (nSPS) is 10.2. The molecule has 0 saturated heterocycles. The van der Waals surface area contributed by atoms with Crippen LogP contribution in [0.4, 0.5) is 11.4 Å². The van der Waals surface area contributed by atoms with E-state index in [1.807, 2.05) is 24.3 Å². The molecule has 0 saturated carbocycles. The maximum absolute atomic E-state index is 11.3. The number of benzene rings is 2. The molecule has 0 aliphatic rings. The monoisotopic (exact) mass is 226 g/mol. The Morgan fingerprint density at radius 3 is 2.53 bits per heavy atom. The van der Waals surface area contributed by atoms with Crippen molar-refractivity contribution in [2.75, 3.05) is 11.5 Å². The molecule has 0 spiro atoms. The molecule has 0 aromatic heterocycles. The summed E-state index contributed by atoms with van der Waals surface area (Å²) in [5, 5.41) is 0. The average molecular weight is 226 g/mol. The van der Waals surface area contributed by atoms with Crippen LogP contribution >= 0.6 is 0 Å². The molecule has 3 heteroatoms. The highest BCUT2D eigenvalue weighted by Crippen LogP contribution is 2.28. The van der Waals surface area contributed by atoms with E-state index in [4.69, 9.17) is 11.5 Å². The number of Topliss-reactive ketones (excluding diaryl/α,β-unsaturated/α-hetero) is 1. The third kappa shape index (κ3) is 2.28. The number of hydrogen-bond acceptors (Lipinski definition) is 3. The fourth-order valence-electron chi connectivity index (χ4n) is 1.73. The maximum atomic E-state index is 11.3. The minimum absolute atomic E-state index is 0.0364. The van der Waals surface area contributed by atoms with E-state index in [1.54, 1.807) is 25.1 Å². The molecule has 0 atom stereocenters. The summed E-state index contributed by atoms with van der Waals surface area (Å²) in [7, 11) is 0. The lowest BCUT2D eigenvalue weighted by atomic mass is 10.00. The number of ketones is 1. The molecule has 0 heterocycles. The van der Waals surface area contributed by atoms with Gasteiger partial charge in [-0.15, -0.1) is 0 Å². The Balaban J connectivity index is 2.56. The minimum Gasteiger partial charge on any atom is -0.399 e. The first-order valence-corrected chi connectivity index (χ1v) is 5.34. The van der Waals surface area contributed by atoms with Crippen LogP contribution in [0.3, 0.4) is 0 Å². The van der Waals surface area contributed by atoms with Crippen molar-refractivity contribution < 1.29 is 4.79 Å². The molecule has 2 aromatic rings. The first kappa shape index (κ1) is 11.2. The van der Waals surface area contributed by atoms with Crippen molar-refractivity contribution in [3.05, 3.63) is 48.0 Å². The second-order valence-electron chi connectivity index (χ2n) is 3.98. The van der Waals surface area contributed by atoms with Gasteiger partial charge in [0.15, 0.2) is 5.78 Å². The second-order valence-corrected chi connectivity index (χ2v) is 3.98. The molecular weight excluding hydrogens is 212 g/mol. The summed E-state index contributed by atoms with van der Waals surface area (Å²) in [5.74, 6) is 0.0364. The molecular formula is C14H14N2O. The molecule has 0 radical (unpaired) electrons. The van der Waals surface area contributed by atoms with Crippen LogP contribution in [-0.4, -0.2) is 5.78 Å². The molecule has 3 nitrogen and oxygen atoms in total.